The monoisotopic (exact) mass is 284 g/mol. The summed E-state index contributed by atoms with van der Waals surface area (Å²) in [6.45, 7) is 8.89. The molecule has 4 heteroatoms. The Morgan fingerprint density at radius 1 is 1.30 bits per heavy atom. The number of ether oxygens (including phenoxy) is 1. The number of amides is 1. The van der Waals surface area contributed by atoms with Gasteiger partial charge in [-0.1, -0.05) is 20.3 Å². The molecule has 0 heterocycles. The minimum absolute atomic E-state index is 0.132. The van der Waals surface area contributed by atoms with Crippen LogP contribution in [0.3, 0.4) is 0 Å². The van der Waals surface area contributed by atoms with Gasteiger partial charge in [0.1, 0.15) is 0 Å². The van der Waals surface area contributed by atoms with E-state index in [0.29, 0.717) is 6.54 Å². The van der Waals surface area contributed by atoms with E-state index >= 15 is 0 Å². The molecule has 1 aliphatic carbocycles. The van der Waals surface area contributed by atoms with Crippen LogP contribution in [0.5, 0.6) is 0 Å². The first-order chi connectivity index (χ1) is 9.58. The molecule has 3 N–H and O–H groups in total. The van der Waals surface area contributed by atoms with Gasteiger partial charge in [-0.3, -0.25) is 4.79 Å². The van der Waals surface area contributed by atoms with Crippen LogP contribution < -0.4 is 11.1 Å². The number of hydrogen-bond donors (Lipinski definition) is 2. The fraction of sp³-hybridized carbons (Fsp3) is 0.938. The third-order valence-corrected chi connectivity index (χ3v) is 5.24. The van der Waals surface area contributed by atoms with Crippen molar-refractivity contribution >= 4 is 5.91 Å². The molecule has 1 fully saturated rings. The summed E-state index contributed by atoms with van der Waals surface area (Å²) in [5.74, 6) is 0.132. The first kappa shape index (κ1) is 17.4. The maximum absolute atomic E-state index is 12.5. The highest BCUT2D eigenvalue weighted by molar-refractivity contribution is 5.82. The lowest BCUT2D eigenvalue weighted by atomic mass is 9.66. The summed E-state index contributed by atoms with van der Waals surface area (Å²) in [6.07, 6.45) is 6.33. The van der Waals surface area contributed by atoms with Crippen molar-refractivity contribution in [1.29, 1.82) is 0 Å². The van der Waals surface area contributed by atoms with Crippen LogP contribution in [-0.4, -0.2) is 32.2 Å². The SMILES string of the molecule is CCOCCC1(CNC(=O)C(CC)(CC)CN)CCC1. The average molecular weight is 284 g/mol. The summed E-state index contributed by atoms with van der Waals surface area (Å²) in [5.41, 5.74) is 5.72. The molecule has 4 nitrogen and oxygen atoms in total. The molecule has 0 aliphatic heterocycles. The van der Waals surface area contributed by atoms with Crippen LogP contribution in [0, 0.1) is 10.8 Å². The van der Waals surface area contributed by atoms with Crippen molar-refractivity contribution in [3.8, 4) is 0 Å². The molecule has 0 radical (unpaired) electrons. The zero-order valence-corrected chi connectivity index (χ0v) is 13.5. The predicted molar refractivity (Wildman–Crippen MR) is 82.5 cm³/mol. The van der Waals surface area contributed by atoms with Crippen molar-refractivity contribution in [3.63, 3.8) is 0 Å². The molecular weight excluding hydrogens is 252 g/mol. The van der Waals surface area contributed by atoms with E-state index in [1.54, 1.807) is 0 Å². The van der Waals surface area contributed by atoms with Gasteiger partial charge in [-0.2, -0.15) is 0 Å². The second-order valence-corrected chi connectivity index (χ2v) is 6.17. The first-order valence-electron chi connectivity index (χ1n) is 8.14. The zero-order chi connectivity index (χ0) is 15.1. The van der Waals surface area contributed by atoms with E-state index in [4.69, 9.17) is 10.5 Å². The van der Waals surface area contributed by atoms with E-state index in [0.717, 1.165) is 39.0 Å². The summed E-state index contributed by atoms with van der Waals surface area (Å²) >= 11 is 0. The Balaban J connectivity index is 2.49. The molecule has 20 heavy (non-hydrogen) atoms. The number of rotatable bonds is 10. The van der Waals surface area contributed by atoms with Gasteiger partial charge in [0.25, 0.3) is 0 Å². The molecule has 0 saturated heterocycles. The highest BCUT2D eigenvalue weighted by Gasteiger charge is 2.39. The van der Waals surface area contributed by atoms with Crippen molar-refractivity contribution in [2.75, 3.05) is 26.3 Å². The number of carbonyl (C=O) groups is 1. The Morgan fingerprint density at radius 2 is 1.95 bits per heavy atom. The molecule has 1 aliphatic rings. The largest absolute Gasteiger partial charge is 0.382 e. The first-order valence-corrected chi connectivity index (χ1v) is 8.14. The topological polar surface area (TPSA) is 64.3 Å². The van der Waals surface area contributed by atoms with E-state index in [1.165, 1.54) is 19.3 Å². The lowest BCUT2D eigenvalue weighted by Crippen LogP contribution is -2.50. The van der Waals surface area contributed by atoms with Gasteiger partial charge < -0.3 is 15.8 Å². The summed E-state index contributed by atoms with van der Waals surface area (Å²) in [6, 6.07) is 0. The standard InChI is InChI=1S/C16H32N2O2/c1-4-16(5-2,12-17)14(19)18-13-15(8-7-9-15)10-11-20-6-3/h4-13,17H2,1-3H3,(H,18,19). The number of hydrogen-bond acceptors (Lipinski definition) is 3. The maximum atomic E-state index is 12.5. The van der Waals surface area contributed by atoms with Crippen molar-refractivity contribution in [1.82, 2.24) is 5.32 Å². The van der Waals surface area contributed by atoms with Crippen LogP contribution >= 0.6 is 0 Å². The molecule has 0 unspecified atom stereocenters. The quantitative estimate of drug-likeness (QED) is 0.606. The fourth-order valence-corrected chi connectivity index (χ4v) is 3.03. The van der Waals surface area contributed by atoms with E-state index < -0.39 is 0 Å². The van der Waals surface area contributed by atoms with Crippen LogP contribution in [0.4, 0.5) is 0 Å². The minimum atomic E-state index is -0.384. The van der Waals surface area contributed by atoms with Gasteiger partial charge in [0.2, 0.25) is 5.91 Å². The average Bonchev–Trinajstić information content (AvgIpc) is 2.43. The lowest BCUT2D eigenvalue weighted by Gasteiger charge is -2.43. The molecule has 0 bridgehead atoms. The van der Waals surface area contributed by atoms with Crippen molar-refractivity contribution in [3.05, 3.63) is 0 Å². The maximum Gasteiger partial charge on any atom is 0.227 e. The normalized spacial score (nSPS) is 17.6. The minimum Gasteiger partial charge on any atom is -0.382 e. The molecule has 0 spiro atoms. The van der Waals surface area contributed by atoms with Gasteiger partial charge >= 0.3 is 0 Å². The fourth-order valence-electron chi connectivity index (χ4n) is 3.03. The highest BCUT2D eigenvalue weighted by Crippen LogP contribution is 2.43. The van der Waals surface area contributed by atoms with Crippen molar-refractivity contribution < 1.29 is 9.53 Å². The molecular formula is C16H32N2O2. The lowest BCUT2D eigenvalue weighted by molar-refractivity contribution is -0.132. The zero-order valence-electron chi connectivity index (χ0n) is 13.5. The van der Waals surface area contributed by atoms with Gasteiger partial charge in [-0.15, -0.1) is 0 Å². The summed E-state index contributed by atoms with van der Waals surface area (Å²) in [7, 11) is 0. The smallest absolute Gasteiger partial charge is 0.227 e. The molecule has 0 aromatic heterocycles. The van der Waals surface area contributed by atoms with Gasteiger partial charge in [0, 0.05) is 26.3 Å². The second kappa shape index (κ2) is 7.99. The van der Waals surface area contributed by atoms with Gasteiger partial charge in [-0.25, -0.2) is 0 Å². The summed E-state index contributed by atoms with van der Waals surface area (Å²) in [4.78, 5) is 12.5. The van der Waals surface area contributed by atoms with Gasteiger partial charge in [-0.05, 0) is 44.4 Å². The second-order valence-electron chi connectivity index (χ2n) is 6.17. The van der Waals surface area contributed by atoms with E-state index in [-0.39, 0.29) is 16.7 Å². The number of nitrogens with two attached hydrogens (primary N) is 1. The van der Waals surface area contributed by atoms with Crippen molar-refractivity contribution in [2.45, 2.75) is 59.3 Å². The van der Waals surface area contributed by atoms with Crippen LogP contribution in [-0.2, 0) is 9.53 Å². The molecule has 1 saturated carbocycles. The number of carbonyl (C=O) groups excluding carboxylic acids is 1. The molecule has 0 aromatic carbocycles. The van der Waals surface area contributed by atoms with Crippen molar-refractivity contribution in [2.24, 2.45) is 16.6 Å². The Hall–Kier alpha value is -0.610. The number of nitrogens with one attached hydrogen (secondary N) is 1. The molecule has 0 aromatic rings. The third-order valence-electron chi connectivity index (χ3n) is 5.24. The van der Waals surface area contributed by atoms with Crippen LogP contribution in [0.1, 0.15) is 59.3 Å². The highest BCUT2D eigenvalue weighted by atomic mass is 16.5. The molecule has 118 valence electrons. The van der Waals surface area contributed by atoms with E-state index in [2.05, 4.69) is 5.32 Å². The van der Waals surface area contributed by atoms with E-state index in [9.17, 15) is 4.79 Å². The molecule has 1 amide bonds. The molecule has 1 rings (SSSR count). The Kier molecular flexibility index (Phi) is 6.96. The predicted octanol–water partition coefficient (Wildman–Crippen LogP) is 2.46. The Morgan fingerprint density at radius 3 is 2.35 bits per heavy atom. The van der Waals surface area contributed by atoms with Crippen LogP contribution in [0.25, 0.3) is 0 Å². The third kappa shape index (κ3) is 3.95. The van der Waals surface area contributed by atoms with Crippen LogP contribution in [0.2, 0.25) is 0 Å². The summed E-state index contributed by atoms with van der Waals surface area (Å²) < 4.78 is 5.47. The van der Waals surface area contributed by atoms with Gasteiger partial charge in [0.05, 0.1) is 5.41 Å². The summed E-state index contributed by atoms with van der Waals surface area (Å²) in [5, 5.41) is 3.17. The van der Waals surface area contributed by atoms with E-state index in [1.807, 2.05) is 20.8 Å². The molecule has 0 atom stereocenters. The Labute approximate surface area is 123 Å². The van der Waals surface area contributed by atoms with Gasteiger partial charge in [0.15, 0.2) is 0 Å². The Bertz CT molecular complexity index is 289. The van der Waals surface area contributed by atoms with Crippen LogP contribution in [0.15, 0.2) is 0 Å².